The number of carbonyl (C=O) groups excluding carboxylic acids is 1. The molecular weight excluding hydrogens is 184 g/mol. The topological polar surface area (TPSA) is 63.6 Å². The van der Waals surface area contributed by atoms with Crippen LogP contribution < -0.4 is 0 Å². The zero-order valence-corrected chi connectivity index (χ0v) is 8.53. The summed E-state index contributed by atoms with van der Waals surface area (Å²) in [6, 6.07) is 0. The van der Waals surface area contributed by atoms with Crippen LogP contribution in [0.2, 0.25) is 0 Å². The summed E-state index contributed by atoms with van der Waals surface area (Å²) in [7, 11) is 0. The summed E-state index contributed by atoms with van der Waals surface area (Å²) >= 11 is 0. The Morgan fingerprint density at radius 2 is 2.07 bits per heavy atom. The van der Waals surface area contributed by atoms with E-state index in [0.29, 0.717) is 12.5 Å². The summed E-state index contributed by atoms with van der Waals surface area (Å²) in [5.74, 6) is -1.23. The van der Waals surface area contributed by atoms with Crippen LogP contribution in [-0.4, -0.2) is 23.7 Å². The average molecular weight is 200 g/mol. The molecule has 0 aliphatic rings. The molecule has 0 aromatic heterocycles. The van der Waals surface area contributed by atoms with Crippen LogP contribution in [0.15, 0.2) is 12.2 Å². The summed E-state index contributed by atoms with van der Waals surface area (Å²) in [5, 5.41) is 8.22. The number of hydrogen-bond donors (Lipinski definition) is 1. The van der Waals surface area contributed by atoms with Gasteiger partial charge in [0.1, 0.15) is 0 Å². The minimum absolute atomic E-state index is 0.345. The Labute approximate surface area is 83.6 Å². The summed E-state index contributed by atoms with van der Waals surface area (Å²) in [6.45, 7) is 4.48. The molecule has 0 aliphatic carbocycles. The van der Waals surface area contributed by atoms with Crippen molar-refractivity contribution in [2.45, 2.75) is 26.7 Å². The van der Waals surface area contributed by atoms with Gasteiger partial charge in [0.15, 0.2) is 0 Å². The summed E-state index contributed by atoms with van der Waals surface area (Å²) in [6.07, 6.45) is 3.54. The first kappa shape index (κ1) is 12.7. The Hall–Kier alpha value is -1.32. The third-order valence-electron chi connectivity index (χ3n) is 1.91. The van der Waals surface area contributed by atoms with Gasteiger partial charge in [0.2, 0.25) is 0 Å². The van der Waals surface area contributed by atoms with Gasteiger partial charge in [-0.2, -0.15) is 0 Å². The predicted octanol–water partition coefficient (Wildman–Crippen LogP) is 1.61. The van der Waals surface area contributed by atoms with Crippen molar-refractivity contribution < 1.29 is 19.4 Å². The van der Waals surface area contributed by atoms with E-state index in [1.807, 2.05) is 0 Å². The van der Waals surface area contributed by atoms with Crippen LogP contribution in [0.3, 0.4) is 0 Å². The third-order valence-corrected chi connectivity index (χ3v) is 1.91. The maximum atomic E-state index is 10.8. The quantitative estimate of drug-likeness (QED) is 0.522. The number of aliphatic carboxylic acids is 1. The monoisotopic (exact) mass is 200 g/mol. The van der Waals surface area contributed by atoms with E-state index in [2.05, 4.69) is 13.8 Å². The molecule has 0 heterocycles. The Bertz CT molecular complexity index is 220. The molecule has 1 atom stereocenters. The smallest absolute Gasteiger partial charge is 0.331 e. The van der Waals surface area contributed by atoms with E-state index in [1.165, 1.54) is 0 Å². The molecule has 0 aromatic carbocycles. The van der Waals surface area contributed by atoms with Crippen molar-refractivity contribution >= 4 is 11.9 Å². The highest BCUT2D eigenvalue weighted by Gasteiger charge is 2.01. The van der Waals surface area contributed by atoms with E-state index in [4.69, 9.17) is 9.84 Å². The van der Waals surface area contributed by atoms with Crippen LogP contribution in [-0.2, 0) is 14.3 Å². The molecule has 0 fully saturated rings. The van der Waals surface area contributed by atoms with E-state index in [9.17, 15) is 9.59 Å². The SMILES string of the molecule is CCC(C)CCOC(=O)/C=C/C(=O)O. The lowest BCUT2D eigenvalue weighted by Gasteiger charge is -2.07. The molecule has 0 saturated heterocycles. The Morgan fingerprint density at radius 1 is 1.43 bits per heavy atom. The third kappa shape index (κ3) is 7.34. The van der Waals surface area contributed by atoms with Gasteiger partial charge in [-0.05, 0) is 12.3 Å². The zero-order chi connectivity index (χ0) is 11.0. The van der Waals surface area contributed by atoms with E-state index >= 15 is 0 Å². The van der Waals surface area contributed by atoms with Crippen molar-refractivity contribution in [2.24, 2.45) is 5.92 Å². The molecule has 0 rings (SSSR count). The van der Waals surface area contributed by atoms with Crippen molar-refractivity contribution in [3.8, 4) is 0 Å². The second kappa shape index (κ2) is 7.12. The van der Waals surface area contributed by atoms with Crippen molar-refractivity contribution in [3.05, 3.63) is 12.2 Å². The number of rotatable bonds is 6. The van der Waals surface area contributed by atoms with E-state index in [0.717, 1.165) is 25.0 Å². The van der Waals surface area contributed by atoms with Crippen LogP contribution in [0.4, 0.5) is 0 Å². The number of carboxylic acid groups (broad SMARTS) is 1. The first-order chi connectivity index (χ1) is 6.56. The second-order valence-corrected chi connectivity index (χ2v) is 3.14. The van der Waals surface area contributed by atoms with Crippen LogP contribution in [0.5, 0.6) is 0 Å². The molecule has 1 unspecified atom stereocenters. The van der Waals surface area contributed by atoms with Crippen molar-refractivity contribution in [3.63, 3.8) is 0 Å². The van der Waals surface area contributed by atoms with Crippen molar-refractivity contribution in [1.29, 1.82) is 0 Å². The second-order valence-electron chi connectivity index (χ2n) is 3.14. The Kier molecular flexibility index (Phi) is 6.45. The molecule has 1 N–H and O–H groups in total. The summed E-state index contributed by atoms with van der Waals surface area (Å²) < 4.78 is 4.78. The molecule has 0 saturated carbocycles. The van der Waals surface area contributed by atoms with Gasteiger partial charge in [0, 0.05) is 12.2 Å². The van der Waals surface area contributed by atoms with Gasteiger partial charge >= 0.3 is 11.9 Å². The number of carboxylic acids is 1. The average Bonchev–Trinajstić information content (AvgIpc) is 2.14. The maximum Gasteiger partial charge on any atom is 0.331 e. The fraction of sp³-hybridized carbons (Fsp3) is 0.600. The molecule has 80 valence electrons. The number of carbonyl (C=O) groups is 2. The fourth-order valence-corrected chi connectivity index (χ4v) is 0.752. The van der Waals surface area contributed by atoms with Crippen molar-refractivity contribution in [2.75, 3.05) is 6.61 Å². The van der Waals surface area contributed by atoms with E-state index in [-0.39, 0.29) is 0 Å². The largest absolute Gasteiger partial charge is 0.478 e. The zero-order valence-electron chi connectivity index (χ0n) is 8.53. The Morgan fingerprint density at radius 3 is 2.57 bits per heavy atom. The highest BCUT2D eigenvalue weighted by atomic mass is 16.5. The van der Waals surface area contributed by atoms with Gasteiger partial charge in [0.05, 0.1) is 6.61 Å². The molecule has 4 nitrogen and oxygen atoms in total. The van der Waals surface area contributed by atoms with Crippen LogP contribution in [0.1, 0.15) is 26.7 Å². The first-order valence-electron chi connectivity index (χ1n) is 4.64. The maximum absolute atomic E-state index is 10.8. The van der Waals surface area contributed by atoms with Crippen LogP contribution in [0, 0.1) is 5.92 Å². The van der Waals surface area contributed by atoms with E-state index in [1.54, 1.807) is 0 Å². The highest BCUT2D eigenvalue weighted by Crippen LogP contribution is 2.05. The van der Waals surface area contributed by atoms with Gasteiger partial charge < -0.3 is 9.84 Å². The molecule has 0 bridgehead atoms. The lowest BCUT2D eigenvalue weighted by Crippen LogP contribution is -2.06. The normalized spacial score (nSPS) is 12.7. The predicted molar refractivity (Wildman–Crippen MR) is 51.8 cm³/mol. The van der Waals surface area contributed by atoms with Crippen LogP contribution >= 0.6 is 0 Å². The molecule has 0 aromatic rings. The number of ether oxygens (including phenoxy) is 1. The van der Waals surface area contributed by atoms with Crippen molar-refractivity contribution in [1.82, 2.24) is 0 Å². The molecule has 0 aliphatic heterocycles. The molecule has 0 amide bonds. The van der Waals surface area contributed by atoms with Gasteiger partial charge in [0.25, 0.3) is 0 Å². The number of hydrogen-bond acceptors (Lipinski definition) is 3. The lowest BCUT2D eigenvalue weighted by atomic mass is 10.1. The summed E-state index contributed by atoms with van der Waals surface area (Å²) in [5.41, 5.74) is 0. The molecule has 14 heavy (non-hydrogen) atoms. The molecule has 0 spiro atoms. The number of esters is 1. The highest BCUT2D eigenvalue weighted by molar-refractivity contribution is 5.90. The van der Waals surface area contributed by atoms with Gasteiger partial charge in [-0.25, -0.2) is 9.59 Å². The summed E-state index contributed by atoms with van der Waals surface area (Å²) in [4.78, 5) is 20.9. The molecule has 0 radical (unpaired) electrons. The van der Waals surface area contributed by atoms with Gasteiger partial charge in [-0.3, -0.25) is 0 Å². The fourth-order valence-electron chi connectivity index (χ4n) is 0.752. The Balaban J connectivity index is 3.59. The minimum Gasteiger partial charge on any atom is -0.478 e. The molecular formula is C10H16O4. The first-order valence-corrected chi connectivity index (χ1v) is 4.64. The van der Waals surface area contributed by atoms with Crippen LogP contribution in [0.25, 0.3) is 0 Å². The standard InChI is InChI=1S/C10H16O4/c1-3-8(2)6-7-14-10(13)5-4-9(11)12/h4-5,8H,3,6-7H2,1-2H3,(H,11,12)/b5-4+. The van der Waals surface area contributed by atoms with Gasteiger partial charge in [-0.15, -0.1) is 0 Å². The van der Waals surface area contributed by atoms with E-state index < -0.39 is 11.9 Å². The van der Waals surface area contributed by atoms with Gasteiger partial charge in [-0.1, -0.05) is 20.3 Å². The lowest BCUT2D eigenvalue weighted by molar-refractivity contribution is -0.139. The minimum atomic E-state index is -1.15. The molecule has 4 heteroatoms.